The summed E-state index contributed by atoms with van der Waals surface area (Å²) >= 11 is 0. The van der Waals surface area contributed by atoms with E-state index in [1.54, 1.807) is 4.90 Å². The third-order valence-corrected chi connectivity index (χ3v) is 7.90. The maximum Gasteiger partial charge on any atom is 0.255 e. The van der Waals surface area contributed by atoms with E-state index in [0.29, 0.717) is 30.0 Å². The summed E-state index contributed by atoms with van der Waals surface area (Å²) in [7, 11) is 0. The van der Waals surface area contributed by atoms with Crippen molar-refractivity contribution in [2.45, 2.75) is 76.5 Å². The number of benzene rings is 1. The van der Waals surface area contributed by atoms with Gasteiger partial charge in [-0.1, -0.05) is 25.0 Å². The molecule has 0 bridgehead atoms. The zero-order chi connectivity index (χ0) is 21.4. The van der Waals surface area contributed by atoms with Crippen LogP contribution in [0, 0.1) is 5.41 Å². The van der Waals surface area contributed by atoms with Gasteiger partial charge in [0.15, 0.2) is 0 Å². The van der Waals surface area contributed by atoms with Gasteiger partial charge in [-0.05, 0) is 67.8 Å². The van der Waals surface area contributed by atoms with E-state index in [9.17, 15) is 14.4 Å². The van der Waals surface area contributed by atoms with Crippen molar-refractivity contribution >= 4 is 17.7 Å². The lowest BCUT2D eigenvalue weighted by Gasteiger charge is -2.47. The molecule has 1 aromatic carbocycles. The lowest BCUT2D eigenvalue weighted by Crippen LogP contribution is -2.52. The molecule has 2 atom stereocenters. The van der Waals surface area contributed by atoms with E-state index in [0.717, 1.165) is 30.8 Å². The molecule has 1 aliphatic carbocycles. The smallest absolute Gasteiger partial charge is 0.255 e. The molecule has 0 radical (unpaired) electrons. The summed E-state index contributed by atoms with van der Waals surface area (Å²) in [6.45, 7) is 3.43. The van der Waals surface area contributed by atoms with Crippen LogP contribution in [0.1, 0.15) is 72.9 Å². The first-order valence-corrected chi connectivity index (χ1v) is 11.8. The predicted octanol–water partition coefficient (Wildman–Crippen LogP) is 1.85. The molecule has 3 heterocycles. The van der Waals surface area contributed by atoms with Gasteiger partial charge < -0.3 is 15.5 Å². The van der Waals surface area contributed by atoms with Crippen LogP contribution in [0.25, 0.3) is 0 Å². The lowest BCUT2D eigenvalue weighted by atomic mass is 9.65. The molecule has 2 saturated heterocycles. The van der Waals surface area contributed by atoms with Crippen molar-refractivity contribution in [3.8, 4) is 0 Å². The van der Waals surface area contributed by atoms with Gasteiger partial charge in [0.25, 0.3) is 5.91 Å². The summed E-state index contributed by atoms with van der Waals surface area (Å²) in [6.07, 6.45) is 8.34. The first kappa shape index (κ1) is 20.6. The Morgan fingerprint density at radius 3 is 2.71 bits per heavy atom. The van der Waals surface area contributed by atoms with Crippen LogP contribution in [-0.4, -0.2) is 47.8 Å². The average molecular weight is 425 g/mol. The van der Waals surface area contributed by atoms with Crippen molar-refractivity contribution in [2.75, 3.05) is 13.1 Å². The highest BCUT2D eigenvalue weighted by Gasteiger charge is 2.41. The second-order valence-electron chi connectivity index (χ2n) is 9.68. The normalized spacial score (nSPS) is 28.0. The molecule has 7 heteroatoms. The largest absolute Gasteiger partial charge is 0.322 e. The molecule has 1 saturated carbocycles. The number of hydrogen-bond donors (Lipinski definition) is 3. The molecule has 0 aromatic heterocycles. The first-order chi connectivity index (χ1) is 15.1. The van der Waals surface area contributed by atoms with Gasteiger partial charge in [-0.3, -0.25) is 19.7 Å². The summed E-state index contributed by atoms with van der Waals surface area (Å²) in [5.74, 6) is -0.712. The number of piperidine rings is 2. The third-order valence-electron chi connectivity index (χ3n) is 7.90. The highest BCUT2D eigenvalue weighted by molar-refractivity contribution is 6.05. The van der Waals surface area contributed by atoms with Crippen molar-refractivity contribution in [1.82, 2.24) is 20.9 Å². The maximum atomic E-state index is 13.1. The average Bonchev–Trinajstić information content (AvgIpc) is 3.10. The lowest BCUT2D eigenvalue weighted by molar-refractivity contribution is -0.136. The zero-order valence-electron chi connectivity index (χ0n) is 18.0. The number of carbonyl (C=O) groups is 3. The van der Waals surface area contributed by atoms with E-state index in [2.05, 4.69) is 22.0 Å². The minimum atomic E-state index is -0.554. The van der Waals surface area contributed by atoms with Crippen molar-refractivity contribution in [2.24, 2.45) is 5.41 Å². The fraction of sp³-hybridized carbons (Fsp3) is 0.625. The summed E-state index contributed by atoms with van der Waals surface area (Å²) in [5.41, 5.74) is 3.19. The van der Waals surface area contributed by atoms with Crippen LogP contribution < -0.4 is 16.0 Å². The maximum absolute atomic E-state index is 13.1. The third kappa shape index (κ3) is 3.89. The number of hydrogen-bond acceptors (Lipinski definition) is 5. The fourth-order valence-corrected chi connectivity index (χ4v) is 6.10. The van der Waals surface area contributed by atoms with E-state index in [1.807, 2.05) is 12.1 Å². The number of carbonyl (C=O) groups excluding carboxylic acids is 3. The van der Waals surface area contributed by atoms with Crippen LogP contribution >= 0.6 is 0 Å². The summed E-state index contributed by atoms with van der Waals surface area (Å²) in [5, 5.41) is 9.70. The number of nitrogens with one attached hydrogen (secondary N) is 3. The van der Waals surface area contributed by atoms with Gasteiger partial charge in [0, 0.05) is 31.1 Å². The number of imide groups is 1. The molecule has 3 fully saturated rings. The van der Waals surface area contributed by atoms with E-state index in [-0.39, 0.29) is 24.1 Å². The number of amides is 3. The molecular formula is C24H32N4O3. The Bertz CT molecular complexity index is 885. The molecule has 2 unspecified atom stereocenters. The highest BCUT2D eigenvalue weighted by atomic mass is 16.2. The van der Waals surface area contributed by atoms with Gasteiger partial charge in [0.2, 0.25) is 11.8 Å². The Morgan fingerprint density at radius 1 is 1.06 bits per heavy atom. The molecule has 3 N–H and O–H groups in total. The van der Waals surface area contributed by atoms with Crippen LogP contribution in [0.3, 0.4) is 0 Å². The van der Waals surface area contributed by atoms with Crippen LogP contribution in [0.2, 0.25) is 0 Å². The van der Waals surface area contributed by atoms with Gasteiger partial charge in [0.05, 0.1) is 0 Å². The number of fused-ring (bicyclic) bond motifs is 1. The molecule has 3 aliphatic heterocycles. The van der Waals surface area contributed by atoms with Crippen LogP contribution in [0.15, 0.2) is 18.2 Å². The fourth-order valence-electron chi connectivity index (χ4n) is 6.10. The van der Waals surface area contributed by atoms with Crippen molar-refractivity contribution in [1.29, 1.82) is 0 Å². The summed E-state index contributed by atoms with van der Waals surface area (Å²) in [6, 6.07) is 6.10. The van der Waals surface area contributed by atoms with Crippen molar-refractivity contribution in [3.05, 3.63) is 34.9 Å². The monoisotopic (exact) mass is 424 g/mol. The molecule has 31 heavy (non-hydrogen) atoms. The van der Waals surface area contributed by atoms with Crippen LogP contribution in [0.4, 0.5) is 0 Å². The Labute approximate surface area is 183 Å². The molecule has 1 aromatic rings. The second kappa shape index (κ2) is 8.36. The molecule has 4 aliphatic rings. The van der Waals surface area contributed by atoms with E-state index in [1.165, 1.54) is 38.5 Å². The van der Waals surface area contributed by atoms with E-state index >= 15 is 0 Å². The first-order valence-electron chi connectivity index (χ1n) is 11.8. The Hall–Kier alpha value is -2.25. The number of rotatable bonds is 4. The van der Waals surface area contributed by atoms with Crippen molar-refractivity contribution < 1.29 is 14.4 Å². The predicted molar refractivity (Wildman–Crippen MR) is 116 cm³/mol. The Kier molecular flexibility index (Phi) is 5.56. The molecule has 5 rings (SSSR count). The van der Waals surface area contributed by atoms with Crippen LogP contribution in [-0.2, 0) is 22.7 Å². The van der Waals surface area contributed by atoms with Gasteiger partial charge in [-0.15, -0.1) is 0 Å². The summed E-state index contributed by atoms with van der Waals surface area (Å²) < 4.78 is 0. The SMILES string of the molecule is O=C1CCC(N2Cc3ccc(CNC4CCCCC45CCNCC5)cc3C2=O)C(=O)N1. The molecule has 166 valence electrons. The highest BCUT2D eigenvalue weighted by Crippen LogP contribution is 2.43. The van der Waals surface area contributed by atoms with Crippen LogP contribution in [0.5, 0.6) is 0 Å². The molecule has 1 spiro atoms. The van der Waals surface area contributed by atoms with Crippen molar-refractivity contribution in [3.63, 3.8) is 0 Å². The Morgan fingerprint density at radius 2 is 1.90 bits per heavy atom. The van der Waals surface area contributed by atoms with Gasteiger partial charge in [0.1, 0.15) is 6.04 Å². The zero-order valence-corrected chi connectivity index (χ0v) is 18.0. The summed E-state index contributed by atoms with van der Waals surface area (Å²) in [4.78, 5) is 38.4. The standard InChI is InChI=1S/C24H32N4O3/c29-21-7-6-19(22(30)27-21)28-15-17-5-4-16(13-18(17)23(28)31)14-26-20-3-1-2-8-24(20)9-11-25-12-10-24/h4-5,13,19-20,25-26H,1-3,6-12,14-15H2,(H,27,29,30). The molecule has 3 amide bonds. The topological polar surface area (TPSA) is 90.5 Å². The Balaban J connectivity index is 1.26. The minimum absolute atomic E-state index is 0.0983. The van der Waals surface area contributed by atoms with E-state index < -0.39 is 6.04 Å². The van der Waals surface area contributed by atoms with Gasteiger partial charge in [-0.2, -0.15) is 0 Å². The molecule has 7 nitrogen and oxygen atoms in total. The molecular weight excluding hydrogens is 392 g/mol. The number of nitrogens with zero attached hydrogens (tertiary/aromatic N) is 1. The minimum Gasteiger partial charge on any atom is -0.322 e. The second-order valence-corrected chi connectivity index (χ2v) is 9.68. The van der Waals surface area contributed by atoms with Gasteiger partial charge >= 0.3 is 0 Å². The quantitative estimate of drug-likeness (QED) is 0.642. The van der Waals surface area contributed by atoms with E-state index in [4.69, 9.17) is 0 Å². The van der Waals surface area contributed by atoms with Gasteiger partial charge in [-0.25, -0.2) is 0 Å².